The number of hydrogen-bond donors (Lipinski definition) is 1. The Morgan fingerprint density at radius 3 is 2.79 bits per heavy atom. The minimum atomic E-state index is 0.746. The minimum Gasteiger partial charge on any atom is -0.378 e. The number of nitrogens with one attached hydrogen (secondary N) is 1. The summed E-state index contributed by atoms with van der Waals surface area (Å²) in [5.74, 6) is 0.779. The molecule has 0 aromatic rings. The first kappa shape index (κ1) is 11.5. The monoisotopic (exact) mass is 199 g/mol. The van der Waals surface area contributed by atoms with Crippen molar-refractivity contribution in [2.24, 2.45) is 0 Å². The molecule has 1 heterocycles. The van der Waals surface area contributed by atoms with Crippen molar-refractivity contribution in [1.29, 1.82) is 5.41 Å². The van der Waals surface area contributed by atoms with Crippen LogP contribution in [0.25, 0.3) is 0 Å². The number of hydrogen-bond acceptors (Lipinski definition) is 3. The number of rotatable bonds is 6. The molecule has 1 aliphatic rings. The molecule has 4 heteroatoms. The van der Waals surface area contributed by atoms with E-state index in [1.165, 1.54) is 0 Å². The van der Waals surface area contributed by atoms with Gasteiger partial charge in [-0.05, 0) is 20.5 Å². The summed E-state index contributed by atoms with van der Waals surface area (Å²) in [6.07, 6.45) is 2.08. The lowest BCUT2D eigenvalue weighted by molar-refractivity contribution is 0.108. The van der Waals surface area contributed by atoms with E-state index in [1.54, 1.807) is 0 Å². The Hall–Kier alpha value is -0.610. The van der Waals surface area contributed by atoms with Gasteiger partial charge in [0.2, 0.25) is 0 Å². The van der Waals surface area contributed by atoms with Gasteiger partial charge in [-0.2, -0.15) is 0 Å². The molecule has 0 aromatic heterocycles. The smallest absolute Gasteiger partial charge is 0.0959 e. The second-order valence-electron chi connectivity index (χ2n) is 3.95. The maximum absolute atomic E-state index is 7.62. The van der Waals surface area contributed by atoms with Gasteiger partial charge in [0.25, 0.3) is 0 Å². The van der Waals surface area contributed by atoms with Gasteiger partial charge < -0.3 is 14.5 Å². The third kappa shape index (κ3) is 4.07. The third-order valence-electron chi connectivity index (χ3n) is 2.41. The SMILES string of the molecule is CN(C)CCOCCN1CCCC1=N. The van der Waals surface area contributed by atoms with Crippen molar-refractivity contribution in [1.82, 2.24) is 9.80 Å². The Balaban J connectivity index is 1.96. The summed E-state index contributed by atoms with van der Waals surface area (Å²) in [7, 11) is 4.08. The molecule has 0 amide bonds. The lowest BCUT2D eigenvalue weighted by Gasteiger charge is -2.17. The Bertz CT molecular complexity index is 182. The predicted molar refractivity (Wildman–Crippen MR) is 57.9 cm³/mol. The number of amidine groups is 1. The molecular formula is C10H21N3O. The molecule has 14 heavy (non-hydrogen) atoms. The van der Waals surface area contributed by atoms with E-state index in [-0.39, 0.29) is 0 Å². The van der Waals surface area contributed by atoms with E-state index in [2.05, 4.69) is 9.80 Å². The molecule has 0 bridgehead atoms. The summed E-state index contributed by atoms with van der Waals surface area (Å²) in [5, 5.41) is 7.62. The fourth-order valence-corrected chi connectivity index (χ4v) is 1.50. The molecule has 1 aliphatic heterocycles. The summed E-state index contributed by atoms with van der Waals surface area (Å²) >= 11 is 0. The van der Waals surface area contributed by atoms with Crippen molar-refractivity contribution >= 4 is 5.84 Å². The number of ether oxygens (including phenoxy) is 1. The highest BCUT2D eigenvalue weighted by Gasteiger charge is 2.15. The minimum absolute atomic E-state index is 0.746. The molecule has 1 N–H and O–H groups in total. The van der Waals surface area contributed by atoms with Crippen LogP contribution in [0.15, 0.2) is 0 Å². The van der Waals surface area contributed by atoms with Gasteiger partial charge in [-0.15, -0.1) is 0 Å². The van der Waals surface area contributed by atoms with Gasteiger partial charge in [0, 0.05) is 26.1 Å². The zero-order chi connectivity index (χ0) is 10.4. The van der Waals surface area contributed by atoms with E-state index in [0.717, 1.165) is 51.5 Å². The summed E-state index contributed by atoms with van der Waals surface area (Å²) in [6.45, 7) is 4.42. The Morgan fingerprint density at radius 2 is 2.21 bits per heavy atom. The van der Waals surface area contributed by atoms with Gasteiger partial charge in [0.1, 0.15) is 0 Å². The molecule has 0 saturated carbocycles. The summed E-state index contributed by atoms with van der Waals surface area (Å²) in [6, 6.07) is 0. The van der Waals surface area contributed by atoms with Crippen LogP contribution in [-0.4, -0.2) is 62.6 Å². The third-order valence-corrected chi connectivity index (χ3v) is 2.41. The second-order valence-corrected chi connectivity index (χ2v) is 3.95. The van der Waals surface area contributed by atoms with Crippen LogP contribution in [0.1, 0.15) is 12.8 Å². The normalized spacial score (nSPS) is 17.1. The highest BCUT2D eigenvalue weighted by molar-refractivity contribution is 5.80. The van der Waals surface area contributed by atoms with Crippen LogP contribution in [0, 0.1) is 5.41 Å². The molecule has 0 unspecified atom stereocenters. The average Bonchev–Trinajstić information content (AvgIpc) is 2.51. The molecular weight excluding hydrogens is 178 g/mol. The molecule has 1 fully saturated rings. The van der Waals surface area contributed by atoms with E-state index < -0.39 is 0 Å². The van der Waals surface area contributed by atoms with Gasteiger partial charge in [0.15, 0.2) is 0 Å². The maximum atomic E-state index is 7.62. The highest BCUT2D eigenvalue weighted by atomic mass is 16.5. The van der Waals surface area contributed by atoms with E-state index in [9.17, 15) is 0 Å². The molecule has 0 atom stereocenters. The topological polar surface area (TPSA) is 39.6 Å². The molecule has 0 aromatic carbocycles. The lowest BCUT2D eigenvalue weighted by Crippen LogP contribution is -2.29. The molecule has 0 radical (unpaired) electrons. The zero-order valence-corrected chi connectivity index (χ0v) is 9.25. The molecule has 1 rings (SSSR count). The highest BCUT2D eigenvalue weighted by Crippen LogP contribution is 2.08. The molecule has 82 valence electrons. The Labute approximate surface area is 86.3 Å². The lowest BCUT2D eigenvalue weighted by atomic mass is 10.4. The van der Waals surface area contributed by atoms with Crippen LogP contribution >= 0.6 is 0 Å². The fourth-order valence-electron chi connectivity index (χ4n) is 1.50. The van der Waals surface area contributed by atoms with Gasteiger partial charge in [-0.25, -0.2) is 0 Å². The first-order chi connectivity index (χ1) is 6.70. The first-order valence-corrected chi connectivity index (χ1v) is 5.25. The number of likely N-dealkylation sites (tertiary alicyclic amines) is 1. The largest absolute Gasteiger partial charge is 0.378 e. The van der Waals surface area contributed by atoms with Crippen molar-refractivity contribution in [3.8, 4) is 0 Å². The van der Waals surface area contributed by atoms with Crippen molar-refractivity contribution in [2.75, 3.05) is 46.9 Å². The Kier molecular flexibility index (Phi) is 4.90. The first-order valence-electron chi connectivity index (χ1n) is 5.25. The fraction of sp³-hybridized carbons (Fsp3) is 0.900. The van der Waals surface area contributed by atoms with Gasteiger partial charge in [-0.3, -0.25) is 5.41 Å². The molecule has 0 aliphatic carbocycles. The van der Waals surface area contributed by atoms with Crippen molar-refractivity contribution < 1.29 is 4.74 Å². The maximum Gasteiger partial charge on any atom is 0.0959 e. The quantitative estimate of drug-likeness (QED) is 0.638. The van der Waals surface area contributed by atoms with Crippen LogP contribution in [-0.2, 0) is 4.74 Å². The standard InChI is InChI=1S/C10H21N3O/c1-12(2)6-8-14-9-7-13-5-3-4-10(13)11/h11H,3-9H2,1-2H3. The van der Waals surface area contributed by atoms with Crippen molar-refractivity contribution in [3.63, 3.8) is 0 Å². The summed E-state index contributed by atoms with van der Waals surface area (Å²) in [5.41, 5.74) is 0. The van der Waals surface area contributed by atoms with Crippen molar-refractivity contribution in [3.05, 3.63) is 0 Å². The number of likely N-dealkylation sites (N-methyl/N-ethyl adjacent to an activating group) is 1. The van der Waals surface area contributed by atoms with Gasteiger partial charge >= 0.3 is 0 Å². The van der Waals surface area contributed by atoms with Crippen LogP contribution in [0.3, 0.4) is 0 Å². The summed E-state index contributed by atoms with van der Waals surface area (Å²) < 4.78 is 5.47. The predicted octanol–water partition coefficient (Wildman–Crippen LogP) is 0.638. The molecule has 4 nitrogen and oxygen atoms in total. The van der Waals surface area contributed by atoms with Crippen molar-refractivity contribution in [2.45, 2.75) is 12.8 Å². The second kappa shape index (κ2) is 5.98. The van der Waals surface area contributed by atoms with Gasteiger partial charge in [-0.1, -0.05) is 0 Å². The van der Waals surface area contributed by atoms with E-state index in [0.29, 0.717) is 0 Å². The number of nitrogens with zero attached hydrogens (tertiary/aromatic N) is 2. The molecule has 0 spiro atoms. The van der Waals surface area contributed by atoms with E-state index in [4.69, 9.17) is 10.1 Å². The van der Waals surface area contributed by atoms with Crippen LogP contribution in [0.2, 0.25) is 0 Å². The average molecular weight is 199 g/mol. The van der Waals surface area contributed by atoms with E-state index >= 15 is 0 Å². The molecule has 1 saturated heterocycles. The zero-order valence-electron chi connectivity index (χ0n) is 9.25. The van der Waals surface area contributed by atoms with Gasteiger partial charge in [0.05, 0.1) is 19.0 Å². The van der Waals surface area contributed by atoms with Crippen LogP contribution in [0.5, 0.6) is 0 Å². The van der Waals surface area contributed by atoms with E-state index in [1.807, 2.05) is 14.1 Å². The van der Waals surface area contributed by atoms with Crippen LogP contribution < -0.4 is 0 Å². The Morgan fingerprint density at radius 1 is 1.43 bits per heavy atom. The summed E-state index contributed by atoms with van der Waals surface area (Å²) in [4.78, 5) is 4.22. The van der Waals surface area contributed by atoms with Crippen LogP contribution in [0.4, 0.5) is 0 Å².